The van der Waals surface area contributed by atoms with Crippen molar-refractivity contribution in [2.45, 2.75) is 62.3 Å². The van der Waals surface area contributed by atoms with E-state index in [4.69, 9.17) is 14.2 Å². The summed E-state index contributed by atoms with van der Waals surface area (Å²) >= 11 is 3.63. The summed E-state index contributed by atoms with van der Waals surface area (Å²) in [4.78, 5) is 59.8. The van der Waals surface area contributed by atoms with E-state index in [0.29, 0.717) is 41.7 Å². The Morgan fingerprint density at radius 1 is 0.980 bits per heavy atom. The number of aliphatic hydroxyl groups excluding tert-OH is 1. The van der Waals surface area contributed by atoms with Crippen molar-refractivity contribution in [1.29, 1.82) is 0 Å². The number of likely N-dealkylation sites (tertiary alicyclic amines) is 1. The quantitative estimate of drug-likeness (QED) is 0.222. The van der Waals surface area contributed by atoms with Gasteiger partial charge in [0.1, 0.15) is 30.1 Å². The number of anilines is 1. The van der Waals surface area contributed by atoms with Crippen LogP contribution in [0.25, 0.3) is 0 Å². The van der Waals surface area contributed by atoms with E-state index in [9.17, 15) is 24.3 Å². The van der Waals surface area contributed by atoms with Crippen molar-refractivity contribution in [2.75, 3.05) is 38.3 Å². The number of benzene rings is 2. The molecule has 2 aromatic rings. The predicted molar refractivity (Wildman–Crippen MR) is 185 cm³/mol. The molecule has 3 amide bonds. The second-order valence-corrected chi connectivity index (χ2v) is 13.7. The maximum absolute atomic E-state index is 15.0. The normalized spacial score (nSPS) is 29.4. The number of aliphatic hydroxyl groups is 1. The highest BCUT2D eigenvalue weighted by Crippen LogP contribution is 2.58. The first-order chi connectivity index (χ1) is 23.8. The third-order valence-electron chi connectivity index (χ3n) is 9.82. The predicted octanol–water partition coefficient (Wildman–Crippen LogP) is 4.20. The number of esters is 1. The molecule has 0 aromatic heterocycles. The number of halogens is 1. The number of nitrogens with zero attached hydrogens (tertiary/aromatic N) is 2. The molecule has 0 aliphatic carbocycles. The Hall–Kier alpha value is -4.00. The van der Waals surface area contributed by atoms with Crippen molar-refractivity contribution in [2.24, 2.45) is 11.8 Å². The summed E-state index contributed by atoms with van der Waals surface area (Å²) < 4.78 is 18.3. The number of nitrogens with one attached hydrogen (secondary N) is 1. The number of ether oxygens (including phenoxy) is 3. The van der Waals surface area contributed by atoms with Gasteiger partial charge in [-0.15, -0.1) is 0 Å². The van der Waals surface area contributed by atoms with E-state index < -0.39 is 47.5 Å². The molecule has 5 bridgehead atoms. The van der Waals surface area contributed by atoms with Crippen molar-refractivity contribution in [3.63, 3.8) is 0 Å². The third-order valence-corrected chi connectivity index (χ3v) is 10.5. The fraction of sp³-hybridized carbons (Fsp3) is 0.459. The number of cyclic esters (lactones) is 1. The minimum Gasteiger partial charge on any atom is -0.497 e. The van der Waals surface area contributed by atoms with Gasteiger partial charge in [-0.25, -0.2) is 0 Å². The number of unbranched alkanes of at least 4 members (excludes halogenated alkanes) is 3. The van der Waals surface area contributed by atoms with Crippen molar-refractivity contribution in [3.05, 3.63) is 82.9 Å². The lowest BCUT2D eigenvalue weighted by Gasteiger charge is -2.36. The van der Waals surface area contributed by atoms with E-state index in [1.54, 1.807) is 41.2 Å². The minimum absolute atomic E-state index is 0.0797. The Kier molecular flexibility index (Phi) is 10.9. The van der Waals surface area contributed by atoms with Crippen LogP contribution in [0.4, 0.5) is 5.69 Å². The Labute approximate surface area is 294 Å². The van der Waals surface area contributed by atoms with E-state index >= 15 is 0 Å². The molecule has 2 fully saturated rings. The van der Waals surface area contributed by atoms with Crippen LogP contribution in [0.3, 0.4) is 0 Å². The third kappa shape index (κ3) is 6.91. The molecule has 6 atom stereocenters. The van der Waals surface area contributed by atoms with Gasteiger partial charge in [0.2, 0.25) is 11.8 Å². The van der Waals surface area contributed by atoms with Gasteiger partial charge in [0.25, 0.3) is 5.91 Å². The van der Waals surface area contributed by atoms with Gasteiger partial charge < -0.3 is 34.4 Å². The molecule has 49 heavy (non-hydrogen) atoms. The van der Waals surface area contributed by atoms with Crippen LogP contribution in [0.2, 0.25) is 0 Å². The maximum atomic E-state index is 15.0. The summed E-state index contributed by atoms with van der Waals surface area (Å²) in [5.41, 5.74) is -0.0409. The Balaban J connectivity index is 1.42. The lowest BCUT2D eigenvalue weighted by atomic mass is 9.74. The highest BCUT2D eigenvalue weighted by Gasteiger charge is 2.74. The van der Waals surface area contributed by atoms with Crippen molar-refractivity contribution >= 4 is 45.3 Å². The standard InChI is InChI=1S/C37H42BrN3O8/c1-47-26-17-15-25(16-18-26)40-19-10-5-8-14-29(43)48-23-28(24-12-6-4-7-13-24)39-34(44)30-31-35(45)41(20-9-2-3-11-21-42)33(36(40)46)37(31)22-27(38)32(30)49-37/h4-7,10,12-13,15-18,22,28,30-33,42H,2-3,8-9,11,14,19-21,23H2,1H3,(H,39,44)/b10-5-/t28-,30-,31+,32-,33-,37+/m1/s1. The summed E-state index contributed by atoms with van der Waals surface area (Å²) in [6.45, 7) is 0.475. The number of carbonyl (C=O) groups is 4. The Bertz CT molecular complexity index is 1600. The van der Waals surface area contributed by atoms with Crippen LogP contribution >= 0.6 is 15.9 Å². The molecule has 0 unspecified atom stereocenters. The minimum atomic E-state index is -1.39. The van der Waals surface area contributed by atoms with Gasteiger partial charge in [-0.3, -0.25) is 19.2 Å². The molecule has 4 aliphatic heterocycles. The molecule has 4 aliphatic rings. The van der Waals surface area contributed by atoms with Gasteiger partial charge in [0.05, 0.1) is 25.0 Å². The molecular weight excluding hydrogens is 694 g/mol. The number of allylic oxidation sites excluding steroid dienone is 1. The number of rotatable bonds is 9. The second-order valence-electron chi connectivity index (χ2n) is 12.8. The van der Waals surface area contributed by atoms with Gasteiger partial charge in [-0.2, -0.15) is 0 Å². The zero-order valence-corrected chi connectivity index (χ0v) is 29.0. The first-order valence-electron chi connectivity index (χ1n) is 16.9. The molecular formula is C37H42BrN3O8. The van der Waals surface area contributed by atoms with E-state index in [2.05, 4.69) is 21.2 Å². The number of carbonyl (C=O) groups excluding carboxylic acids is 4. The summed E-state index contributed by atoms with van der Waals surface area (Å²) in [7, 11) is 1.57. The number of hydrogen-bond donors (Lipinski definition) is 2. The van der Waals surface area contributed by atoms with E-state index in [0.717, 1.165) is 18.4 Å². The summed E-state index contributed by atoms with van der Waals surface area (Å²) in [5, 5.41) is 12.3. The van der Waals surface area contributed by atoms with E-state index in [-0.39, 0.29) is 38.0 Å². The molecule has 0 radical (unpaired) electrons. The largest absolute Gasteiger partial charge is 0.497 e. The molecule has 4 heterocycles. The number of methoxy groups -OCH3 is 1. The van der Waals surface area contributed by atoms with Crippen LogP contribution in [0.1, 0.15) is 50.1 Å². The van der Waals surface area contributed by atoms with Crippen LogP contribution in [-0.4, -0.2) is 84.9 Å². The molecule has 260 valence electrons. The zero-order chi connectivity index (χ0) is 34.5. The first kappa shape index (κ1) is 34.8. The van der Waals surface area contributed by atoms with E-state index in [1.165, 1.54) is 0 Å². The molecule has 2 aromatic carbocycles. The first-order valence-corrected chi connectivity index (χ1v) is 17.7. The maximum Gasteiger partial charge on any atom is 0.306 e. The SMILES string of the molecule is COc1ccc(N2C/C=C\CCC(=O)OC[C@H](c3ccccc3)NC(=O)[C@H]3[C@@H]4O[C@@]5(C=C4Br)[C@@H]3C(=O)N(CCCCCCO)[C@@H]5C2=O)cc1. The zero-order valence-electron chi connectivity index (χ0n) is 27.5. The molecule has 6 rings (SSSR count). The Morgan fingerprint density at radius 3 is 2.47 bits per heavy atom. The lowest BCUT2D eigenvalue weighted by Crippen LogP contribution is -2.56. The molecule has 1 spiro atoms. The van der Waals surface area contributed by atoms with Gasteiger partial charge in [-0.05, 0) is 55.2 Å². The van der Waals surface area contributed by atoms with E-state index in [1.807, 2.05) is 48.6 Å². The molecule has 12 heteroatoms. The number of amides is 3. The van der Waals surface area contributed by atoms with Crippen LogP contribution in [0, 0.1) is 11.8 Å². The highest BCUT2D eigenvalue weighted by molar-refractivity contribution is 9.11. The monoisotopic (exact) mass is 735 g/mol. The molecule has 2 N–H and O–H groups in total. The van der Waals surface area contributed by atoms with Gasteiger partial charge in [0.15, 0.2) is 0 Å². The average Bonchev–Trinajstić information content (AvgIpc) is 3.71. The molecule has 11 nitrogen and oxygen atoms in total. The Morgan fingerprint density at radius 2 is 1.73 bits per heavy atom. The van der Waals surface area contributed by atoms with Crippen LogP contribution in [0.15, 0.2) is 77.3 Å². The highest BCUT2D eigenvalue weighted by atomic mass is 79.9. The number of hydrogen-bond acceptors (Lipinski definition) is 8. The van der Waals surface area contributed by atoms with Crippen LogP contribution in [0.5, 0.6) is 5.75 Å². The van der Waals surface area contributed by atoms with Crippen LogP contribution < -0.4 is 15.0 Å². The lowest BCUT2D eigenvalue weighted by molar-refractivity contribution is -0.145. The van der Waals surface area contributed by atoms with Crippen molar-refractivity contribution < 1.29 is 38.5 Å². The average molecular weight is 737 g/mol. The summed E-state index contributed by atoms with van der Waals surface area (Å²) in [6, 6.07) is 14.6. The topological polar surface area (TPSA) is 135 Å². The fourth-order valence-electron chi connectivity index (χ4n) is 7.44. The fourth-order valence-corrected chi connectivity index (χ4v) is 8.17. The molecule has 0 saturated carbocycles. The smallest absolute Gasteiger partial charge is 0.306 e. The van der Waals surface area contributed by atoms with Crippen molar-refractivity contribution in [3.8, 4) is 5.75 Å². The molecule has 2 saturated heterocycles. The van der Waals surface area contributed by atoms with Crippen LogP contribution in [-0.2, 0) is 28.7 Å². The summed E-state index contributed by atoms with van der Waals surface area (Å²) in [5.74, 6) is -2.75. The van der Waals surface area contributed by atoms with Gasteiger partial charge in [-0.1, -0.05) is 71.3 Å². The van der Waals surface area contributed by atoms with Gasteiger partial charge >= 0.3 is 5.97 Å². The number of fused-ring (bicyclic) bond motifs is 2. The second kappa shape index (κ2) is 15.3. The summed E-state index contributed by atoms with van der Waals surface area (Å²) in [6.07, 6.45) is 8.05. The van der Waals surface area contributed by atoms with Crippen molar-refractivity contribution in [1.82, 2.24) is 10.2 Å². The van der Waals surface area contributed by atoms with Gasteiger partial charge in [0, 0.05) is 36.3 Å².